The lowest BCUT2D eigenvalue weighted by Crippen LogP contribution is -2.28. The molecule has 3 aromatic carbocycles. The highest BCUT2D eigenvalue weighted by Gasteiger charge is 2.27. The Balaban J connectivity index is 1.43. The number of rotatable bonds is 6. The molecule has 0 radical (unpaired) electrons. The van der Waals surface area contributed by atoms with Crippen LogP contribution in [-0.2, 0) is 6.54 Å². The topological polar surface area (TPSA) is 40.5 Å². The molecule has 5 heteroatoms. The minimum atomic E-state index is -0.518. The number of hydrogen-bond acceptors (Lipinski definition) is 3. The minimum absolute atomic E-state index is 0.148. The first-order valence-electron chi connectivity index (χ1n) is 11.5. The summed E-state index contributed by atoms with van der Waals surface area (Å²) in [4.78, 5) is 13.2. The van der Waals surface area contributed by atoms with Crippen LogP contribution in [0.2, 0.25) is 0 Å². The van der Waals surface area contributed by atoms with E-state index in [-0.39, 0.29) is 11.6 Å². The first kappa shape index (κ1) is 22.7. The molecule has 4 nitrogen and oxygen atoms in total. The summed E-state index contributed by atoms with van der Waals surface area (Å²) in [6.45, 7) is 4.46. The SMILES string of the molecule is COc1ccc(C(=O)/C=C/c2ccc3ccn(Cc4cccc(F)c4)c3c2)c2c1C=CC(C)(C)O2. The molecule has 0 spiro atoms. The van der Waals surface area contributed by atoms with Crippen LogP contribution in [-0.4, -0.2) is 23.1 Å². The average Bonchev–Trinajstić information content (AvgIpc) is 3.23. The molecular formula is C30H26FNO3. The zero-order valence-corrected chi connectivity index (χ0v) is 19.9. The molecule has 1 aliphatic heterocycles. The molecule has 0 N–H and O–H groups in total. The predicted octanol–water partition coefficient (Wildman–Crippen LogP) is 6.92. The van der Waals surface area contributed by atoms with Gasteiger partial charge in [-0.2, -0.15) is 0 Å². The van der Waals surface area contributed by atoms with Crippen molar-refractivity contribution in [2.24, 2.45) is 0 Å². The Hall–Kier alpha value is -4.12. The second-order valence-electron chi connectivity index (χ2n) is 9.19. The van der Waals surface area contributed by atoms with Crippen molar-refractivity contribution in [2.75, 3.05) is 7.11 Å². The lowest BCUT2D eigenvalue weighted by molar-refractivity contribution is 0.103. The number of fused-ring (bicyclic) bond motifs is 2. The maximum absolute atomic E-state index is 13.6. The van der Waals surface area contributed by atoms with Crippen LogP contribution >= 0.6 is 0 Å². The molecule has 0 bridgehead atoms. The molecular weight excluding hydrogens is 441 g/mol. The molecule has 0 unspecified atom stereocenters. The molecule has 0 aliphatic carbocycles. The van der Waals surface area contributed by atoms with Crippen LogP contribution in [0.3, 0.4) is 0 Å². The van der Waals surface area contributed by atoms with E-state index in [1.165, 1.54) is 6.07 Å². The van der Waals surface area contributed by atoms with Crippen molar-refractivity contribution in [3.05, 3.63) is 107 Å². The molecule has 1 aromatic heterocycles. The van der Waals surface area contributed by atoms with Crippen LogP contribution in [0.5, 0.6) is 11.5 Å². The van der Waals surface area contributed by atoms with Crippen molar-refractivity contribution in [1.82, 2.24) is 4.57 Å². The number of ether oxygens (including phenoxy) is 2. The highest BCUT2D eigenvalue weighted by Crippen LogP contribution is 2.40. The summed E-state index contributed by atoms with van der Waals surface area (Å²) in [6.07, 6.45) is 9.26. The largest absolute Gasteiger partial charge is 0.496 e. The summed E-state index contributed by atoms with van der Waals surface area (Å²) in [6, 6.07) is 18.2. The average molecular weight is 468 g/mol. The Labute approximate surface area is 203 Å². The van der Waals surface area contributed by atoms with Crippen LogP contribution in [0, 0.1) is 5.82 Å². The maximum atomic E-state index is 13.6. The molecule has 1 aliphatic rings. The van der Waals surface area contributed by atoms with Crippen molar-refractivity contribution in [1.29, 1.82) is 0 Å². The highest BCUT2D eigenvalue weighted by molar-refractivity contribution is 6.09. The number of carbonyl (C=O) groups is 1. The monoisotopic (exact) mass is 467 g/mol. The summed E-state index contributed by atoms with van der Waals surface area (Å²) < 4.78 is 27.3. The fourth-order valence-electron chi connectivity index (χ4n) is 4.34. The van der Waals surface area contributed by atoms with Crippen LogP contribution in [0.1, 0.15) is 40.9 Å². The number of nitrogens with zero attached hydrogens (tertiary/aromatic N) is 1. The van der Waals surface area contributed by atoms with E-state index in [1.807, 2.05) is 68.6 Å². The molecule has 5 rings (SSSR count). The molecule has 0 saturated carbocycles. The molecule has 0 amide bonds. The lowest BCUT2D eigenvalue weighted by Gasteiger charge is -2.29. The Morgan fingerprint density at radius 2 is 1.97 bits per heavy atom. The van der Waals surface area contributed by atoms with E-state index in [9.17, 15) is 9.18 Å². The quantitative estimate of drug-likeness (QED) is 0.228. The second kappa shape index (κ2) is 8.91. The van der Waals surface area contributed by atoms with Gasteiger partial charge in [-0.3, -0.25) is 4.79 Å². The number of ketones is 1. The Morgan fingerprint density at radius 3 is 2.77 bits per heavy atom. The molecule has 4 aromatic rings. The predicted molar refractivity (Wildman–Crippen MR) is 138 cm³/mol. The minimum Gasteiger partial charge on any atom is -0.496 e. The summed E-state index contributed by atoms with van der Waals surface area (Å²) in [5.74, 6) is 0.803. The van der Waals surface area contributed by atoms with Crippen LogP contribution in [0.15, 0.2) is 79.0 Å². The van der Waals surface area contributed by atoms with Crippen molar-refractivity contribution < 1.29 is 18.7 Å². The van der Waals surface area contributed by atoms with Crippen molar-refractivity contribution in [2.45, 2.75) is 26.0 Å². The maximum Gasteiger partial charge on any atom is 0.189 e. The highest BCUT2D eigenvalue weighted by atomic mass is 19.1. The number of benzene rings is 3. The number of hydrogen-bond donors (Lipinski definition) is 0. The number of methoxy groups -OCH3 is 1. The van der Waals surface area contributed by atoms with Crippen LogP contribution in [0.4, 0.5) is 4.39 Å². The third kappa shape index (κ3) is 4.62. The standard InChI is InChI=1S/C30H26FNO3/c1-30(2)15-13-25-28(34-3)12-10-24(29(25)35-30)27(33)11-8-20-7-9-22-14-16-32(26(22)18-20)19-21-5-4-6-23(31)17-21/h4-18H,19H2,1-3H3/b11-8+. The Bertz CT molecular complexity index is 1490. The Morgan fingerprint density at radius 1 is 1.11 bits per heavy atom. The van der Waals surface area contributed by atoms with Crippen molar-refractivity contribution >= 4 is 28.8 Å². The summed E-state index contributed by atoms with van der Waals surface area (Å²) in [7, 11) is 1.60. The number of allylic oxidation sites excluding steroid dienone is 1. The normalized spacial score (nSPS) is 14.2. The van der Waals surface area contributed by atoms with Gasteiger partial charge in [0.15, 0.2) is 5.78 Å². The summed E-state index contributed by atoms with van der Waals surface area (Å²) in [5, 5.41) is 1.08. The van der Waals surface area contributed by atoms with Crippen molar-refractivity contribution in [3.8, 4) is 11.5 Å². The number of aromatic nitrogens is 1. The molecule has 0 saturated heterocycles. The fraction of sp³-hybridized carbons (Fsp3) is 0.167. The molecule has 35 heavy (non-hydrogen) atoms. The van der Waals surface area contributed by atoms with Crippen LogP contribution < -0.4 is 9.47 Å². The van der Waals surface area contributed by atoms with Gasteiger partial charge in [0.1, 0.15) is 22.9 Å². The first-order valence-corrected chi connectivity index (χ1v) is 11.5. The van der Waals surface area contributed by atoms with Gasteiger partial charge in [0.25, 0.3) is 0 Å². The lowest BCUT2D eigenvalue weighted by atomic mass is 9.97. The third-order valence-corrected chi connectivity index (χ3v) is 6.13. The summed E-state index contributed by atoms with van der Waals surface area (Å²) in [5.41, 5.74) is 3.54. The molecule has 0 fully saturated rings. The van der Waals surface area contributed by atoms with Gasteiger partial charge in [0.05, 0.1) is 18.2 Å². The van der Waals surface area contributed by atoms with Gasteiger partial charge in [-0.1, -0.05) is 30.3 Å². The van der Waals surface area contributed by atoms with Crippen LogP contribution in [0.25, 0.3) is 23.1 Å². The zero-order valence-electron chi connectivity index (χ0n) is 19.9. The van der Waals surface area contributed by atoms with Gasteiger partial charge in [0.2, 0.25) is 0 Å². The van der Waals surface area contributed by atoms with Crippen molar-refractivity contribution in [3.63, 3.8) is 0 Å². The zero-order chi connectivity index (χ0) is 24.6. The van der Waals surface area contributed by atoms with Gasteiger partial charge in [-0.05, 0) is 85.0 Å². The second-order valence-corrected chi connectivity index (χ2v) is 9.19. The van der Waals surface area contributed by atoms with Gasteiger partial charge in [0, 0.05) is 18.3 Å². The van der Waals surface area contributed by atoms with E-state index in [4.69, 9.17) is 9.47 Å². The molecule has 0 atom stereocenters. The van der Waals surface area contributed by atoms with E-state index >= 15 is 0 Å². The van der Waals surface area contributed by atoms with Gasteiger partial charge >= 0.3 is 0 Å². The fourth-order valence-corrected chi connectivity index (χ4v) is 4.34. The van der Waals surface area contributed by atoms with Gasteiger partial charge in [-0.25, -0.2) is 4.39 Å². The number of carbonyl (C=O) groups excluding carboxylic acids is 1. The molecule has 176 valence electrons. The molecule has 2 heterocycles. The first-order chi connectivity index (χ1) is 16.8. The third-order valence-electron chi connectivity index (χ3n) is 6.13. The smallest absolute Gasteiger partial charge is 0.189 e. The summed E-state index contributed by atoms with van der Waals surface area (Å²) >= 11 is 0. The van der Waals surface area contributed by atoms with Gasteiger partial charge in [-0.15, -0.1) is 0 Å². The number of halogens is 1. The van der Waals surface area contributed by atoms with E-state index in [0.717, 1.165) is 27.6 Å². The van der Waals surface area contributed by atoms with Gasteiger partial charge < -0.3 is 14.0 Å². The van der Waals surface area contributed by atoms with E-state index in [2.05, 4.69) is 4.57 Å². The van der Waals surface area contributed by atoms with E-state index in [1.54, 1.807) is 37.5 Å². The van der Waals surface area contributed by atoms with E-state index < -0.39 is 5.60 Å². The Kier molecular flexibility index (Phi) is 5.77. The van der Waals surface area contributed by atoms with E-state index in [0.29, 0.717) is 23.6 Å².